The summed E-state index contributed by atoms with van der Waals surface area (Å²) in [6.07, 6.45) is 1.81. The summed E-state index contributed by atoms with van der Waals surface area (Å²) >= 11 is 0. The van der Waals surface area contributed by atoms with Crippen LogP contribution in [0.4, 0.5) is 5.82 Å². The number of ether oxygens (including phenoxy) is 3. The minimum Gasteiger partial charge on any atom is -0.508 e. The number of aromatic nitrogens is 2. The van der Waals surface area contributed by atoms with Gasteiger partial charge in [-0.1, -0.05) is 67.9 Å². The number of amides is 1. The second-order valence-corrected chi connectivity index (χ2v) is 15.2. The van der Waals surface area contributed by atoms with Crippen LogP contribution in [0.15, 0.2) is 95.9 Å². The lowest BCUT2D eigenvalue weighted by atomic mass is 9.80. The number of hydrogen-bond donors (Lipinski definition) is 2. The van der Waals surface area contributed by atoms with Crippen LogP contribution in [-0.2, 0) is 28.9 Å². The molecule has 5 atom stereocenters. The average Bonchev–Trinajstić information content (AvgIpc) is 3.54. The van der Waals surface area contributed by atoms with Crippen LogP contribution in [0.3, 0.4) is 0 Å². The number of phenols is 1. The van der Waals surface area contributed by atoms with Gasteiger partial charge in [0.25, 0.3) is 8.53 Å². The van der Waals surface area contributed by atoms with Gasteiger partial charge in [-0.25, -0.2) is 9.46 Å². The number of anilines is 1. The molecule has 0 saturated carbocycles. The second-order valence-electron chi connectivity index (χ2n) is 13.8. The predicted octanol–water partition coefficient (Wildman–Crippen LogP) is 7.76. The number of aromatic hydroxyl groups is 1. The van der Waals surface area contributed by atoms with E-state index in [0.29, 0.717) is 18.8 Å². The van der Waals surface area contributed by atoms with Crippen molar-refractivity contribution in [3.05, 3.63) is 118 Å². The zero-order chi connectivity index (χ0) is 38.8. The number of carbonyl (C=O) groups excluding carboxylic acids is 1. The van der Waals surface area contributed by atoms with Crippen LogP contribution >= 0.6 is 8.53 Å². The summed E-state index contributed by atoms with van der Waals surface area (Å²) in [5.41, 5.74) is 0.749. The number of phenolic OH excluding ortho intramolecular Hbond substituents is 1. The molecule has 12 nitrogen and oxygen atoms in total. The van der Waals surface area contributed by atoms with Crippen molar-refractivity contribution in [3.8, 4) is 11.5 Å². The van der Waals surface area contributed by atoms with Crippen LogP contribution in [0.25, 0.3) is 0 Å². The number of rotatable bonds is 18. The van der Waals surface area contributed by atoms with E-state index in [-0.39, 0.29) is 36.2 Å². The Balaban J connectivity index is 1.58. The summed E-state index contributed by atoms with van der Waals surface area (Å²) in [7, 11) is 0.0866. The lowest BCUT2D eigenvalue weighted by Gasteiger charge is -2.39. The number of benzene rings is 3. The summed E-state index contributed by atoms with van der Waals surface area (Å²) in [4.78, 5) is 29.1. The van der Waals surface area contributed by atoms with E-state index >= 15 is 0 Å². The molecule has 3 aromatic carbocycles. The Morgan fingerprint density at radius 3 is 2.20 bits per heavy atom. The molecule has 290 valence electrons. The van der Waals surface area contributed by atoms with Gasteiger partial charge >= 0.3 is 5.69 Å². The first kappa shape index (κ1) is 41.0. The molecule has 0 radical (unpaired) electrons. The first-order valence-corrected chi connectivity index (χ1v) is 19.6. The van der Waals surface area contributed by atoms with Crippen molar-refractivity contribution in [2.75, 3.05) is 25.6 Å². The van der Waals surface area contributed by atoms with Crippen molar-refractivity contribution in [2.24, 2.45) is 0 Å². The van der Waals surface area contributed by atoms with Gasteiger partial charge in [0.05, 0.1) is 26.4 Å². The Kier molecular flexibility index (Phi) is 14.4. The summed E-state index contributed by atoms with van der Waals surface area (Å²) in [6, 6.07) is 26.4. The molecule has 0 bridgehead atoms. The molecule has 1 aromatic heterocycles. The summed E-state index contributed by atoms with van der Waals surface area (Å²) in [6.45, 7) is 12.6. The molecule has 1 amide bonds. The Labute approximate surface area is 319 Å². The fourth-order valence-corrected chi connectivity index (χ4v) is 8.49. The van der Waals surface area contributed by atoms with Gasteiger partial charge in [0, 0.05) is 31.6 Å². The van der Waals surface area contributed by atoms with Gasteiger partial charge in [-0.2, -0.15) is 4.98 Å². The zero-order valence-electron chi connectivity index (χ0n) is 32.2. The van der Waals surface area contributed by atoms with Crippen LogP contribution in [0, 0.1) is 0 Å². The lowest BCUT2D eigenvalue weighted by molar-refractivity contribution is -0.114. The van der Waals surface area contributed by atoms with Crippen LogP contribution in [0.1, 0.15) is 83.7 Å². The molecule has 1 aliphatic rings. The maximum Gasteiger partial charge on any atom is 0.351 e. The highest BCUT2D eigenvalue weighted by Crippen LogP contribution is 2.50. The topological polar surface area (TPSA) is 134 Å². The normalized spacial score (nSPS) is 18.9. The van der Waals surface area contributed by atoms with Crippen molar-refractivity contribution >= 4 is 20.3 Å². The molecular weight excluding hydrogens is 707 g/mol. The highest BCUT2D eigenvalue weighted by molar-refractivity contribution is 7.44. The SMILES string of the molecule is CCCCOP(OC1CC(n2ccc(NC(C)=O)nc2=O)OC1COC(c1ccccc1)(c1ccc(O)cc1)c1ccc(OC)cc1)N(C(C)C)C(C)C. The number of nitrogens with one attached hydrogen (secondary N) is 1. The number of unbranched alkanes of at least 4 members (excludes halogenated alkanes) is 1. The lowest BCUT2D eigenvalue weighted by Crippen LogP contribution is -2.39. The molecule has 0 spiro atoms. The largest absolute Gasteiger partial charge is 0.508 e. The number of nitrogens with zero attached hydrogens (tertiary/aromatic N) is 3. The van der Waals surface area contributed by atoms with Gasteiger partial charge in [0.1, 0.15) is 35.2 Å². The van der Waals surface area contributed by atoms with E-state index in [1.54, 1.807) is 31.5 Å². The van der Waals surface area contributed by atoms with Gasteiger partial charge in [-0.05, 0) is 81.1 Å². The van der Waals surface area contributed by atoms with Crippen molar-refractivity contribution < 1.29 is 33.2 Å². The van der Waals surface area contributed by atoms with E-state index < -0.39 is 38.3 Å². The standard InChI is InChI=1S/C41H53N4O8P/c1-8-9-25-51-54(45(28(2)3)29(4)5)53-36-26-39(44-24-23-38(42-30(6)46)43-40(44)48)52-37(36)27-50-41(31-13-11-10-12-14-31,32-15-19-34(47)20-16-32)33-17-21-35(49-7)22-18-33/h10-24,28-29,36-37,39,47H,8-9,25-27H2,1-7H3,(H,42,43,46,48). The van der Waals surface area contributed by atoms with Crippen LogP contribution < -0.4 is 15.7 Å². The van der Waals surface area contributed by atoms with E-state index in [2.05, 4.69) is 49.6 Å². The van der Waals surface area contributed by atoms with Crippen molar-refractivity contribution in [1.29, 1.82) is 0 Å². The molecule has 54 heavy (non-hydrogen) atoms. The molecule has 5 unspecified atom stereocenters. The first-order valence-electron chi connectivity index (χ1n) is 18.5. The van der Waals surface area contributed by atoms with E-state index in [1.807, 2.05) is 66.7 Å². The fourth-order valence-electron chi connectivity index (χ4n) is 6.69. The molecule has 1 aliphatic heterocycles. The van der Waals surface area contributed by atoms with Crippen molar-refractivity contribution in [3.63, 3.8) is 0 Å². The number of hydrogen-bond acceptors (Lipinski definition) is 10. The molecule has 2 heterocycles. The second kappa shape index (κ2) is 18.9. The highest BCUT2D eigenvalue weighted by Gasteiger charge is 2.45. The first-order chi connectivity index (χ1) is 26.0. The molecule has 1 fully saturated rings. The van der Waals surface area contributed by atoms with Gasteiger partial charge in [-0.15, -0.1) is 0 Å². The summed E-state index contributed by atoms with van der Waals surface area (Å²) in [5, 5.41) is 12.9. The smallest absolute Gasteiger partial charge is 0.351 e. The monoisotopic (exact) mass is 760 g/mol. The third-order valence-corrected chi connectivity index (χ3v) is 11.4. The average molecular weight is 761 g/mol. The minimum absolute atomic E-state index is 0.0522. The quantitative estimate of drug-likeness (QED) is 0.0589. The van der Waals surface area contributed by atoms with E-state index in [1.165, 1.54) is 11.5 Å². The summed E-state index contributed by atoms with van der Waals surface area (Å²) < 4.78 is 36.5. The number of carbonyl (C=O) groups is 1. The van der Waals surface area contributed by atoms with Crippen LogP contribution in [0.2, 0.25) is 0 Å². The molecule has 0 aliphatic carbocycles. The van der Waals surface area contributed by atoms with E-state index in [0.717, 1.165) is 29.5 Å². The molecule has 5 rings (SSSR count). The zero-order valence-corrected chi connectivity index (χ0v) is 33.1. The van der Waals surface area contributed by atoms with Gasteiger partial charge < -0.3 is 33.7 Å². The van der Waals surface area contributed by atoms with E-state index in [4.69, 9.17) is 23.3 Å². The minimum atomic E-state index is -1.54. The third-order valence-electron chi connectivity index (χ3n) is 9.21. The highest BCUT2D eigenvalue weighted by atomic mass is 31.2. The Morgan fingerprint density at radius 1 is 1.00 bits per heavy atom. The van der Waals surface area contributed by atoms with Gasteiger partial charge in [-0.3, -0.25) is 9.36 Å². The van der Waals surface area contributed by atoms with Crippen molar-refractivity contribution in [2.45, 2.75) is 96.9 Å². The van der Waals surface area contributed by atoms with Gasteiger partial charge in [0.2, 0.25) is 5.91 Å². The van der Waals surface area contributed by atoms with E-state index in [9.17, 15) is 14.7 Å². The molecule has 13 heteroatoms. The van der Waals surface area contributed by atoms with Crippen molar-refractivity contribution in [1.82, 2.24) is 14.2 Å². The number of methoxy groups -OCH3 is 1. The Hall–Kier alpha value is -4.16. The summed E-state index contributed by atoms with van der Waals surface area (Å²) in [5.74, 6) is 0.659. The molecule has 1 saturated heterocycles. The van der Waals surface area contributed by atoms with Gasteiger partial charge in [0.15, 0.2) is 0 Å². The van der Waals surface area contributed by atoms with Crippen LogP contribution in [0.5, 0.6) is 11.5 Å². The maximum atomic E-state index is 13.3. The Bertz CT molecular complexity index is 1830. The molecule has 4 aromatic rings. The third kappa shape index (κ3) is 9.73. The van der Waals surface area contributed by atoms with Crippen LogP contribution in [-0.4, -0.2) is 69.9 Å². The maximum absolute atomic E-state index is 13.3. The molecular formula is C41H53N4O8P. The Morgan fingerprint density at radius 2 is 1.63 bits per heavy atom. The predicted molar refractivity (Wildman–Crippen MR) is 209 cm³/mol. The fraction of sp³-hybridized carbons (Fsp3) is 0.439. The molecule has 2 N–H and O–H groups in total.